The van der Waals surface area contributed by atoms with Gasteiger partial charge in [0.25, 0.3) is 0 Å². The summed E-state index contributed by atoms with van der Waals surface area (Å²) in [7, 11) is 0. The maximum absolute atomic E-state index is 4.46. The Labute approximate surface area is 136 Å². The topological polar surface area (TPSA) is 37.8 Å². The smallest absolute Gasteiger partial charge is 0.0423 e. The molecular formula is C15H17Br2N3. The standard InChI is InChI=1S/C15H17Br2N3/c1-2-5-19-15(11-6-13(17)9-18-8-11)7-14-4-3-12(16)10-20-14/h3-4,6,8-10,15,19H,2,5,7H2,1H3. The van der Waals surface area contributed by atoms with Crippen LogP contribution in [0, 0.1) is 0 Å². The number of rotatable bonds is 6. The highest BCUT2D eigenvalue weighted by Gasteiger charge is 2.13. The maximum Gasteiger partial charge on any atom is 0.0423 e. The van der Waals surface area contributed by atoms with Gasteiger partial charge in [-0.25, -0.2) is 0 Å². The molecule has 1 atom stereocenters. The van der Waals surface area contributed by atoms with Crippen LogP contribution in [0.15, 0.2) is 45.7 Å². The summed E-state index contributed by atoms with van der Waals surface area (Å²) in [6, 6.07) is 6.42. The molecule has 1 N–H and O–H groups in total. The zero-order valence-electron chi connectivity index (χ0n) is 11.3. The minimum atomic E-state index is 0.230. The fourth-order valence-electron chi connectivity index (χ4n) is 1.98. The molecule has 2 aromatic rings. The van der Waals surface area contributed by atoms with Crippen LogP contribution in [0.1, 0.15) is 30.6 Å². The molecule has 5 heteroatoms. The summed E-state index contributed by atoms with van der Waals surface area (Å²) >= 11 is 6.90. The molecule has 3 nitrogen and oxygen atoms in total. The molecule has 0 aliphatic carbocycles. The molecule has 0 fully saturated rings. The average Bonchev–Trinajstić information content (AvgIpc) is 2.45. The fourth-order valence-corrected chi connectivity index (χ4v) is 2.60. The van der Waals surface area contributed by atoms with Crippen molar-refractivity contribution in [1.82, 2.24) is 15.3 Å². The Hall–Kier alpha value is -0.780. The van der Waals surface area contributed by atoms with Gasteiger partial charge in [-0.05, 0) is 68.6 Å². The van der Waals surface area contributed by atoms with Crippen molar-refractivity contribution >= 4 is 31.9 Å². The summed E-state index contributed by atoms with van der Waals surface area (Å²) in [4.78, 5) is 8.71. The molecule has 106 valence electrons. The molecule has 0 amide bonds. The molecule has 0 aliphatic rings. The largest absolute Gasteiger partial charge is 0.310 e. The highest BCUT2D eigenvalue weighted by atomic mass is 79.9. The van der Waals surface area contributed by atoms with Crippen LogP contribution in [0.3, 0.4) is 0 Å². The Morgan fingerprint density at radius 3 is 2.65 bits per heavy atom. The van der Waals surface area contributed by atoms with Crippen molar-refractivity contribution in [3.05, 3.63) is 57.0 Å². The fraction of sp³-hybridized carbons (Fsp3) is 0.333. The highest BCUT2D eigenvalue weighted by molar-refractivity contribution is 9.10. The van der Waals surface area contributed by atoms with Crippen molar-refractivity contribution in [3.8, 4) is 0 Å². The van der Waals surface area contributed by atoms with Gasteiger partial charge in [-0.15, -0.1) is 0 Å². The Morgan fingerprint density at radius 2 is 2.00 bits per heavy atom. The molecule has 2 heterocycles. The zero-order valence-corrected chi connectivity index (χ0v) is 14.5. The predicted octanol–water partition coefficient (Wildman–Crippen LogP) is 4.29. The van der Waals surface area contributed by atoms with E-state index in [0.717, 1.165) is 34.0 Å². The van der Waals surface area contributed by atoms with Crippen molar-refractivity contribution in [3.63, 3.8) is 0 Å². The number of pyridine rings is 2. The third-order valence-electron chi connectivity index (χ3n) is 2.97. The van der Waals surface area contributed by atoms with Crippen molar-refractivity contribution in [2.24, 2.45) is 0 Å². The highest BCUT2D eigenvalue weighted by Crippen LogP contribution is 2.20. The van der Waals surface area contributed by atoms with E-state index in [9.17, 15) is 0 Å². The van der Waals surface area contributed by atoms with Gasteiger partial charge in [-0.2, -0.15) is 0 Å². The van der Waals surface area contributed by atoms with Crippen molar-refractivity contribution in [1.29, 1.82) is 0 Å². The lowest BCUT2D eigenvalue weighted by atomic mass is 10.0. The number of hydrogen-bond donors (Lipinski definition) is 1. The summed E-state index contributed by atoms with van der Waals surface area (Å²) in [5.74, 6) is 0. The third-order valence-corrected chi connectivity index (χ3v) is 3.87. The number of aromatic nitrogens is 2. The first kappa shape index (κ1) is 15.6. The number of nitrogens with zero attached hydrogens (tertiary/aromatic N) is 2. The lowest BCUT2D eigenvalue weighted by molar-refractivity contribution is 0.523. The van der Waals surface area contributed by atoms with Gasteiger partial charge in [0, 0.05) is 45.7 Å². The molecule has 0 bridgehead atoms. The SMILES string of the molecule is CCCNC(Cc1ccc(Br)cn1)c1cncc(Br)c1. The normalized spacial score (nSPS) is 12.3. The number of nitrogens with one attached hydrogen (secondary N) is 1. The number of hydrogen-bond acceptors (Lipinski definition) is 3. The predicted molar refractivity (Wildman–Crippen MR) is 88.6 cm³/mol. The van der Waals surface area contributed by atoms with Gasteiger partial charge in [0.1, 0.15) is 0 Å². The summed E-state index contributed by atoms with van der Waals surface area (Å²) in [5.41, 5.74) is 2.25. The molecule has 2 rings (SSSR count). The second-order valence-electron chi connectivity index (χ2n) is 4.62. The molecule has 20 heavy (non-hydrogen) atoms. The van der Waals surface area contributed by atoms with E-state index in [2.05, 4.69) is 66.2 Å². The van der Waals surface area contributed by atoms with E-state index in [4.69, 9.17) is 0 Å². The van der Waals surface area contributed by atoms with Gasteiger partial charge < -0.3 is 5.32 Å². The molecule has 0 radical (unpaired) electrons. The van der Waals surface area contributed by atoms with Gasteiger partial charge in [0.15, 0.2) is 0 Å². The quantitative estimate of drug-likeness (QED) is 0.788. The molecule has 0 saturated carbocycles. The van der Waals surface area contributed by atoms with Crippen LogP contribution in [0.5, 0.6) is 0 Å². The Bertz CT molecular complexity index is 543. The Morgan fingerprint density at radius 1 is 1.15 bits per heavy atom. The lowest BCUT2D eigenvalue weighted by Gasteiger charge is -2.18. The van der Waals surface area contributed by atoms with E-state index in [0.29, 0.717) is 0 Å². The van der Waals surface area contributed by atoms with Crippen LogP contribution in [0.4, 0.5) is 0 Å². The Kier molecular flexibility index (Phi) is 6.13. The van der Waals surface area contributed by atoms with Crippen molar-refractivity contribution < 1.29 is 0 Å². The van der Waals surface area contributed by atoms with Crippen LogP contribution in [0.25, 0.3) is 0 Å². The van der Waals surface area contributed by atoms with Crippen LogP contribution in [-0.2, 0) is 6.42 Å². The maximum atomic E-state index is 4.46. The molecular weight excluding hydrogens is 382 g/mol. The second-order valence-corrected chi connectivity index (χ2v) is 6.45. The Balaban J connectivity index is 2.16. The van der Waals surface area contributed by atoms with Crippen LogP contribution < -0.4 is 5.32 Å². The lowest BCUT2D eigenvalue weighted by Crippen LogP contribution is -2.24. The molecule has 0 aliphatic heterocycles. The van der Waals surface area contributed by atoms with Gasteiger partial charge in [0.2, 0.25) is 0 Å². The first-order valence-corrected chi connectivity index (χ1v) is 8.22. The first-order valence-electron chi connectivity index (χ1n) is 6.63. The second kappa shape index (κ2) is 7.86. The molecule has 1 unspecified atom stereocenters. The van der Waals surface area contributed by atoms with Gasteiger partial charge in [-0.1, -0.05) is 6.92 Å². The monoisotopic (exact) mass is 397 g/mol. The molecule has 2 aromatic heterocycles. The van der Waals surface area contributed by atoms with E-state index in [1.807, 2.05) is 18.5 Å². The van der Waals surface area contributed by atoms with Gasteiger partial charge in [0.05, 0.1) is 0 Å². The summed E-state index contributed by atoms with van der Waals surface area (Å²) < 4.78 is 2.01. The van der Waals surface area contributed by atoms with E-state index < -0.39 is 0 Å². The third kappa shape index (κ3) is 4.65. The summed E-state index contributed by atoms with van der Waals surface area (Å²) in [6.45, 7) is 3.15. The number of halogens is 2. The van der Waals surface area contributed by atoms with E-state index in [-0.39, 0.29) is 6.04 Å². The van der Waals surface area contributed by atoms with Crippen LogP contribution >= 0.6 is 31.9 Å². The molecule has 0 aromatic carbocycles. The molecule has 0 spiro atoms. The van der Waals surface area contributed by atoms with E-state index >= 15 is 0 Å². The molecule has 0 saturated heterocycles. The van der Waals surface area contributed by atoms with Gasteiger partial charge >= 0.3 is 0 Å². The van der Waals surface area contributed by atoms with Crippen molar-refractivity contribution in [2.45, 2.75) is 25.8 Å². The van der Waals surface area contributed by atoms with Gasteiger partial charge in [-0.3, -0.25) is 9.97 Å². The minimum Gasteiger partial charge on any atom is -0.310 e. The van der Waals surface area contributed by atoms with E-state index in [1.165, 1.54) is 5.56 Å². The van der Waals surface area contributed by atoms with Crippen LogP contribution in [0.2, 0.25) is 0 Å². The summed E-state index contributed by atoms with van der Waals surface area (Å²) in [5, 5.41) is 3.56. The zero-order chi connectivity index (χ0) is 14.4. The minimum absolute atomic E-state index is 0.230. The first-order chi connectivity index (χ1) is 9.69. The summed E-state index contributed by atoms with van der Waals surface area (Å²) in [6.07, 6.45) is 7.51. The average molecular weight is 399 g/mol. The van der Waals surface area contributed by atoms with E-state index in [1.54, 1.807) is 6.20 Å². The van der Waals surface area contributed by atoms with Crippen molar-refractivity contribution in [2.75, 3.05) is 6.54 Å². The van der Waals surface area contributed by atoms with Crippen LogP contribution in [-0.4, -0.2) is 16.5 Å².